The molecule has 0 aliphatic rings. The number of halogens is 2. The van der Waals surface area contributed by atoms with Gasteiger partial charge in [0.05, 0.1) is 6.04 Å². The standard InChI is InChI=1S/C17H28F2N2/c1-7-11-20-16(17(4,8-2)21(5)6)13-10-9-12(3)14(18)15(13)19/h9-10,16,20H,7-8,11H2,1-6H3. The normalized spacial score (nSPS) is 16.0. The maximum atomic E-state index is 14.4. The van der Waals surface area contributed by atoms with Crippen molar-refractivity contribution < 1.29 is 8.78 Å². The summed E-state index contributed by atoms with van der Waals surface area (Å²) in [6.45, 7) is 8.57. The van der Waals surface area contributed by atoms with Gasteiger partial charge in [0, 0.05) is 11.1 Å². The molecular weight excluding hydrogens is 270 g/mol. The minimum atomic E-state index is -0.743. The van der Waals surface area contributed by atoms with Crippen LogP contribution in [0.4, 0.5) is 8.78 Å². The van der Waals surface area contributed by atoms with Gasteiger partial charge < -0.3 is 10.2 Å². The van der Waals surface area contributed by atoms with Gasteiger partial charge in [-0.3, -0.25) is 0 Å². The summed E-state index contributed by atoms with van der Waals surface area (Å²) in [5, 5.41) is 3.40. The molecule has 120 valence electrons. The van der Waals surface area contributed by atoms with Crippen molar-refractivity contribution in [1.82, 2.24) is 10.2 Å². The number of benzene rings is 1. The molecule has 2 nitrogen and oxygen atoms in total. The van der Waals surface area contributed by atoms with Crippen LogP contribution in [0, 0.1) is 18.6 Å². The third-order valence-electron chi connectivity index (χ3n) is 4.57. The summed E-state index contributed by atoms with van der Waals surface area (Å²) in [6, 6.07) is 3.10. The zero-order valence-electron chi connectivity index (χ0n) is 14.1. The molecule has 1 rings (SSSR count). The predicted octanol–water partition coefficient (Wildman–Crippen LogP) is 4.04. The van der Waals surface area contributed by atoms with Crippen LogP contribution < -0.4 is 5.32 Å². The molecule has 0 spiro atoms. The average molecular weight is 298 g/mol. The third kappa shape index (κ3) is 3.61. The van der Waals surface area contributed by atoms with Crippen molar-refractivity contribution in [2.45, 2.75) is 52.1 Å². The molecule has 0 aliphatic carbocycles. The van der Waals surface area contributed by atoms with Crippen molar-refractivity contribution >= 4 is 0 Å². The molecule has 0 bridgehead atoms. The van der Waals surface area contributed by atoms with Crippen LogP contribution in [0.5, 0.6) is 0 Å². The number of rotatable bonds is 7. The Labute approximate surface area is 127 Å². The van der Waals surface area contributed by atoms with E-state index in [4.69, 9.17) is 0 Å². The lowest BCUT2D eigenvalue weighted by Crippen LogP contribution is -2.51. The van der Waals surface area contributed by atoms with E-state index in [0.29, 0.717) is 11.1 Å². The van der Waals surface area contributed by atoms with Gasteiger partial charge in [-0.2, -0.15) is 0 Å². The Morgan fingerprint density at radius 3 is 2.29 bits per heavy atom. The van der Waals surface area contributed by atoms with Crippen molar-refractivity contribution in [2.75, 3.05) is 20.6 Å². The highest BCUT2D eigenvalue weighted by Crippen LogP contribution is 2.35. The summed E-state index contributed by atoms with van der Waals surface area (Å²) in [6.07, 6.45) is 1.77. The minimum absolute atomic E-state index is 0.257. The van der Waals surface area contributed by atoms with Gasteiger partial charge >= 0.3 is 0 Å². The fraction of sp³-hybridized carbons (Fsp3) is 0.647. The Hall–Kier alpha value is -1.00. The van der Waals surface area contributed by atoms with E-state index in [0.717, 1.165) is 19.4 Å². The summed E-state index contributed by atoms with van der Waals surface area (Å²) >= 11 is 0. The van der Waals surface area contributed by atoms with E-state index in [1.165, 1.54) is 0 Å². The molecule has 1 aromatic rings. The first kappa shape index (κ1) is 18.1. The third-order valence-corrected chi connectivity index (χ3v) is 4.57. The fourth-order valence-corrected chi connectivity index (χ4v) is 2.62. The molecule has 0 aromatic heterocycles. The SMILES string of the molecule is CCCNC(c1ccc(C)c(F)c1F)C(C)(CC)N(C)C. The molecule has 0 heterocycles. The number of hydrogen-bond donors (Lipinski definition) is 1. The van der Waals surface area contributed by atoms with Gasteiger partial charge in [0.15, 0.2) is 11.6 Å². The highest BCUT2D eigenvalue weighted by atomic mass is 19.2. The van der Waals surface area contributed by atoms with Gasteiger partial charge in [-0.05, 0) is 52.9 Å². The summed E-state index contributed by atoms with van der Waals surface area (Å²) < 4.78 is 28.4. The van der Waals surface area contributed by atoms with Crippen LogP contribution in [0.2, 0.25) is 0 Å². The van der Waals surface area contributed by atoms with Crippen LogP contribution in [0.1, 0.15) is 50.8 Å². The van der Waals surface area contributed by atoms with Crippen LogP contribution >= 0.6 is 0 Å². The zero-order chi connectivity index (χ0) is 16.2. The van der Waals surface area contributed by atoms with Crippen LogP contribution in [-0.2, 0) is 0 Å². The smallest absolute Gasteiger partial charge is 0.163 e. The van der Waals surface area contributed by atoms with Gasteiger partial charge in [-0.25, -0.2) is 8.78 Å². The average Bonchev–Trinajstić information content (AvgIpc) is 2.46. The summed E-state index contributed by atoms with van der Waals surface area (Å²) in [5.74, 6) is -1.47. The first-order valence-corrected chi connectivity index (χ1v) is 7.64. The second-order valence-electron chi connectivity index (χ2n) is 6.09. The van der Waals surface area contributed by atoms with Gasteiger partial charge in [0.25, 0.3) is 0 Å². The summed E-state index contributed by atoms with van der Waals surface area (Å²) in [4.78, 5) is 2.08. The van der Waals surface area contributed by atoms with Gasteiger partial charge in [-0.15, -0.1) is 0 Å². The highest BCUT2D eigenvalue weighted by Gasteiger charge is 2.37. The lowest BCUT2D eigenvalue weighted by Gasteiger charge is -2.43. The largest absolute Gasteiger partial charge is 0.308 e. The Balaban J connectivity index is 3.35. The van der Waals surface area contributed by atoms with Gasteiger partial charge in [0.1, 0.15) is 0 Å². The van der Waals surface area contributed by atoms with Crippen molar-refractivity contribution in [2.24, 2.45) is 0 Å². The lowest BCUT2D eigenvalue weighted by atomic mass is 9.82. The van der Waals surface area contributed by atoms with Gasteiger partial charge in [0.2, 0.25) is 0 Å². The first-order valence-electron chi connectivity index (χ1n) is 7.64. The zero-order valence-corrected chi connectivity index (χ0v) is 14.1. The van der Waals surface area contributed by atoms with E-state index in [2.05, 4.69) is 31.0 Å². The van der Waals surface area contributed by atoms with Crippen molar-refractivity contribution in [3.63, 3.8) is 0 Å². The molecular formula is C17H28F2N2. The maximum absolute atomic E-state index is 14.4. The predicted molar refractivity (Wildman–Crippen MR) is 84.5 cm³/mol. The second-order valence-corrected chi connectivity index (χ2v) is 6.09. The van der Waals surface area contributed by atoms with Crippen molar-refractivity contribution in [3.05, 3.63) is 34.9 Å². The Bertz CT molecular complexity index is 474. The first-order chi connectivity index (χ1) is 9.79. The molecule has 2 atom stereocenters. The van der Waals surface area contributed by atoms with E-state index in [-0.39, 0.29) is 11.6 Å². The number of nitrogens with one attached hydrogen (secondary N) is 1. The van der Waals surface area contributed by atoms with Crippen molar-refractivity contribution in [1.29, 1.82) is 0 Å². The van der Waals surface area contributed by atoms with Crippen LogP contribution in [0.3, 0.4) is 0 Å². The quantitative estimate of drug-likeness (QED) is 0.817. The molecule has 4 heteroatoms. The maximum Gasteiger partial charge on any atom is 0.163 e. The number of aryl methyl sites for hydroxylation is 1. The van der Waals surface area contributed by atoms with E-state index >= 15 is 0 Å². The van der Waals surface area contributed by atoms with E-state index in [1.54, 1.807) is 19.1 Å². The topological polar surface area (TPSA) is 15.3 Å². The molecule has 0 fully saturated rings. The molecule has 0 aliphatic heterocycles. The number of hydrogen-bond acceptors (Lipinski definition) is 2. The lowest BCUT2D eigenvalue weighted by molar-refractivity contribution is 0.110. The summed E-state index contributed by atoms with van der Waals surface area (Å²) in [5.41, 5.74) is 0.454. The van der Waals surface area contributed by atoms with Crippen molar-refractivity contribution in [3.8, 4) is 0 Å². The summed E-state index contributed by atoms with van der Waals surface area (Å²) in [7, 11) is 3.96. The van der Waals surface area contributed by atoms with E-state index < -0.39 is 11.6 Å². The molecule has 1 aromatic carbocycles. The molecule has 0 saturated heterocycles. The Morgan fingerprint density at radius 1 is 1.19 bits per heavy atom. The molecule has 21 heavy (non-hydrogen) atoms. The monoisotopic (exact) mass is 298 g/mol. The molecule has 0 radical (unpaired) electrons. The van der Waals surface area contributed by atoms with Crippen LogP contribution in [0.25, 0.3) is 0 Å². The fourth-order valence-electron chi connectivity index (χ4n) is 2.62. The molecule has 0 amide bonds. The molecule has 2 unspecified atom stereocenters. The van der Waals surface area contributed by atoms with Crippen LogP contribution in [0.15, 0.2) is 12.1 Å². The van der Waals surface area contributed by atoms with Crippen LogP contribution in [-0.4, -0.2) is 31.1 Å². The molecule has 1 N–H and O–H groups in total. The van der Waals surface area contributed by atoms with Gasteiger partial charge in [-0.1, -0.05) is 26.0 Å². The Morgan fingerprint density at radius 2 is 1.81 bits per heavy atom. The minimum Gasteiger partial charge on any atom is -0.308 e. The van der Waals surface area contributed by atoms with E-state index in [1.807, 2.05) is 14.1 Å². The Kier molecular flexibility index (Phi) is 6.29. The highest BCUT2D eigenvalue weighted by molar-refractivity contribution is 5.30. The second kappa shape index (κ2) is 7.32. The molecule has 0 saturated carbocycles. The number of likely N-dealkylation sites (N-methyl/N-ethyl adjacent to an activating group) is 1. The number of nitrogens with zero attached hydrogens (tertiary/aromatic N) is 1. The van der Waals surface area contributed by atoms with E-state index in [9.17, 15) is 8.78 Å².